The van der Waals surface area contributed by atoms with E-state index in [0.717, 1.165) is 10.6 Å². The second-order valence-electron chi connectivity index (χ2n) is 7.83. The van der Waals surface area contributed by atoms with E-state index in [1.165, 1.54) is 24.1 Å². The number of nitrogens with zero attached hydrogens (tertiary/aromatic N) is 2. The van der Waals surface area contributed by atoms with Gasteiger partial charge in [-0.05, 0) is 48.7 Å². The maximum Gasteiger partial charge on any atom is 0.242 e. The third-order valence-corrected chi connectivity index (χ3v) is 7.64. The Kier molecular flexibility index (Phi) is 11.0. The zero-order chi connectivity index (χ0) is 26.3. The fraction of sp³-hybridized carbons (Fsp3) is 0.391. The highest BCUT2D eigenvalue weighted by atomic mass is 35.5. The average molecular weight is 583 g/mol. The van der Waals surface area contributed by atoms with Crippen molar-refractivity contribution in [2.75, 3.05) is 24.2 Å². The lowest BCUT2D eigenvalue weighted by Crippen LogP contribution is -2.48. The molecular formula is C23H27Cl4N3O4S. The summed E-state index contributed by atoms with van der Waals surface area (Å²) in [5.41, 5.74) is 0.867. The van der Waals surface area contributed by atoms with Gasteiger partial charge in [0.25, 0.3) is 0 Å². The Morgan fingerprint density at radius 3 is 2.20 bits per heavy atom. The van der Waals surface area contributed by atoms with Crippen molar-refractivity contribution in [1.29, 1.82) is 0 Å². The van der Waals surface area contributed by atoms with Crippen molar-refractivity contribution in [3.8, 4) is 0 Å². The predicted octanol–water partition coefficient (Wildman–Crippen LogP) is 5.40. The zero-order valence-corrected chi connectivity index (χ0v) is 23.4. The van der Waals surface area contributed by atoms with E-state index in [2.05, 4.69) is 5.32 Å². The number of hydrogen-bond donors (Lipinski definition) is 1. The molecule has 1 atom stereocenters. The Bertz CT molecular complexity index is 1180. The molecule has 0 radical (unpaired) electrons. The van der Waals surface area contributed by atoms with E-state index in [4.69, 9.17) is 46.4 Å². The SMILES string of the molecule is CCC(C(=O)NC)N(Cc1ccc(Cl)cc1Cl)C(=O)CCCN(c1cc(Cl)ccc1Cl)S(C)(=O)=O. The maximum atomic E-state index is 13.3. The van der Waals surface area contributed by atoms with Gasteiger partial charge in [0.2, 0.25) is 21.8 Å². The summed E-state index contributed by atoms with van der Waals surface area (Å²) < 4.78 is 26.0. The van der Waals surface area contributed by atoms with E-state index in [-0.39, 0.29) is 48.5 Å². The van der Waals surface area contributed by atoms with Crippen LogP contribution < -0.4 is 9.62 Å². The first-order valence-electron chi connectivity index (χ1n) is 10.8. The first kappa shape index (κ1) is 29.5. The Morgan fingerprint density at radius 2 is 1.63 bits per heavy atom. The number of nitrogens with one attached hydrogen (secondary N) is 1. The fourth-order valence-electron chi connectivity index (χ4n) is 3.58. The summed E-state index contributed by atoms with van der Waals surface area (Å²) in [6.07, 6.45) is 1.61. The molecule has 0 saturated carbocycles. The molecule has 0 aliphatic heterocycles. The monoisotopic (exact) mass is 581 g/mol. The molecule has 2 amide bonds. The number of benzene rings is 2. The van der Waals surface area contributed by atoms with Gasteiger partial charge in [0.15, 0.2) is 0 Å². The van der Waals surface area contributed by atoms with Gasteiger partial charge in [-0.3, -0.25) is 13.9 Å². The van der Waals surface area contributed by atoms with E-state index < -0.39 is 16.1 Å². The van der Waals surface area contributed by atoms with E-state index in [1.807, 2.05) is 0 Å². The Labute approximate surface area is 226 Å². The molecule has 12 heteroatoms. The van der Waals surface area contributed by atoms with Crippen LogP contribution in [0.4, 0.5) is 5.69 Å². The largest absolute Gasteiger partial charge is 0.357 e. The van der Waals surface area contributed by atoms with E-state index in [0.29, 0.717) is 27.1 Å². The number of carbonyl (C=O) groups excluding carboxylic acids is 2. The summed E-state index contributed by atoms with van der Waals surface area (Å²) in [6, 6.07) is 8.73. The molecule has 0 heterocycles. The third kappa shape index (κ3) is 8.15. The van der Waals surface area contributed by atoms with Gasteiger partial charge in [0, 0.05) is 41.6 Å². The van der Waals surface area contributed by atoms with E-state index in [9.17, 15) is 18.0 Å². The maximum absolute atomic E-state index is 13.3. The number of anilines is 1. The molecule has 2 aromatic carbocycles. The van der Waals surface area contributed by atoms with Crippen molar-refractivity contribution in [3.63, 3.8) is 0 Å². The Balaban J connectivity index is 2.26. The van der Waals surface area contributed by atoms with Crippen LogP contribution in [0.3, 0.4) is 0 Å². The highest BCUT2D eigenvalue weighted by Crippen LogP contribution is 2.31. The van der Waals surface area contributed by atoms with Gasteiger partial charge in [-0.1, -0.05) is 59.4 Å². The van der Waals surface area contributed by atoms with Crippen LogP contribution in [0.2, 0.25) is 20.1 Å². The molecule has 0 aliphatic carbocycles. The smallest absolute Gasteiger partial charge is 0.242 e. The molecule has 35 heavy (non-hydrogen) atoms. The molecule has 0 bridgehead atoms. The average Bonchev–Trinajstić information content (AvgIpc) is 2.78. The molecule has 2 aromatic rings. The van der Waals surface area contributed by atoms with Crippen LogP contribution in [-0.2, 0) is 26.2 Å². The fourth-order valence-corrected chi connectivity index (χ4v) is 5.45. The molecule has 0 saturated heterocycles. The quantitative estimate of drug-likeness (QED) is 0.384. The molecule has 1 N–H and O–H groups in total. The van der Waals surface area contributed by atoms with Crippen LogP contribution in [0.15, 0.2) is 36.4 Å². The first-order valence-corrected chi connectivity index (χ1v) is 14.1. The highest BCUT2D eigenvalue weighted by molar-refractivity contribution is 7.92. The van der Waals surface area contributed by atoms with Crippen LogP contribution in [0.5, 0.6) is 0 Å². The van der Waals surface area contributed by atoms with Crippen LogP contribution >= 0.6 is 46.4 Å². The van der Waals surface area contributed by atoms with Gasteiger partial charge >= 0.3 is 0 Å². The Hall–Kier alpha value is -1.71. The van der Waals surface area contributed by atoms with Gasteiger partial charge in [0.1, 0.15) is 6.04 Å². The van der Waals surface area contributed by atoms with E-state index in [1.54, 1.807) is 31.2 Å². The van der Waals surface area contributed by atoms with Crippen molar-refractivity contribution >= 4 is 73.9 Å². The van der Waals surface area contributed by atoms with Gasteiger partial charge in [-0.25, -0.2) is 8.42 Å². The number of halogens is 4. The molecule has 0 aromatic heterocycles. The lowest BCUT2D eigenvalue weighted by atomic mass is 10.1. The summed E-state index contributed by atoms with van der Waals surface area (Å²) >= 11 is 24.5. The normalized spacial score (nSPS) is 12.2. The predicted molar refractivity (Wildman–Crippen MR) is 143 cm³/mol. The summed E-state index contributed by atoms with van der Waals surface area (Å²) in [5.74, 6) is -0.633. The standard InChI is InChI=1S/C23H27Cl4N3O4S/c1-4-20(23(32)28-2)29(14-15-7-8-16(24)12-19(15)27)22(31)6-5-11-30(35(3,33)34)21-13-17(25)9-10-18(21)26/h7-10,12-13,20H,4-6,11,14H2,1-3H3,(H,28,32). The van der Waals surface area contributed by atoms with E-state index >= 15 is 0 Å². The second kappa shape index (κ2) is 13.0. The summed E-state index contributed by atoms with van der Waals surface area (Å²) in [7, 11) is -2.20. The van der Waals surface area contributed by atoms with Crippen molar-refractivity contribution in [2.45, 2.75) is 38.8 Å². The molecule has 0 spiro atoms. The van der Waals surface area contributed by atoms with Gasteiger partial charge in [-0.2, -0.15) is 0 Å². The van der Waals surface area contributed by atoms with Crippen LogP contribution in [0, 0.1) is 0 Å². The number of hydrogen-bond acceptors (Lipinski definition) is 4. The number of likely N-dealkylation sites (N-methyl/N-ethyl adjacent to an activating group) is 1. The minimum absolute atomic E-state index is 0.00303. The highest BCUT2D eigenvalue weighted by Gasteiger charge is 2.29. The number of rotatable bonds is 11. The van der Waals surface area contributed by atoms with Crippen molar-refractivity contribution in [1.82, 2.24) is 10.2 Å². The van der Waals surface area contributed by atoms with Crippen LogP contribution in [0.1, 0.15) is 31.7 Å². The molecule has 0 fully saturated rings. The van der Waals surface area contributed by atoms with Crippen molar-refractivity contribution in [3.05, 3.63) is 62.1 Å². The zero-order valence-electron chi connectivity index (χ0n) is 19.5. The number of amides is 2. The minimum atomic E-state index is -3.70. The third-order valence-electron chi connectivity index (χ3n) is 5.32. The molecule has 2 rings (SSSR count). The molecule has 1 unspecified atom stereocenters. The first-order chi connectivity index (χ1) is 16.4. The molecular weight excluding hydrogens is 556 g/mol. The summed E-state index contributed by atoms with van der Waals surface area (Å²) in [6.45, 7) is 1.89. The van der Waals surface area contributed by atoms with Gasteiger partial charge in [-0.15, -0.1) is 0 Å². The topological polar surface area (TPSA) is 86.8 Å². The summed E-state index contributed by atoms with van der Waals surface area (Å²) in [4.78, 5) is 27.3. The second-order valence-corrected chi connectivity index (χ2v) is 11.4. The Morgan fingerprint density at radius 1 is 1.00 bits per heavy atom. The van der Waals surface area contributed by atoms with Crippen molar-refractivity contribution < 1.29 is 18.0 Å². The molecule has 7 nitrogen and oxygen atoms in total. The minimum Gasteiger partial charge on any atom is -0.357 e. The molecule has 0 aliphatic rings. The lowest BCUT2D eigenvalue weighted by Gasteiger charge is -2.31. The van der Waals surface area contributed by atoms with Crippen molar-refractivity contribution in [2.24, 2.45) is 0 Å². The number of carbonyl (C=O) groups is 2. The van der Waals surface area contributed by atoms with Gasteiger partial charge in [0.05, 0.1) is 17.0 Å². The van der Waals surface area contributed by atoms with Crippen LogP contribution in [-0.4, -0.2) is 51.0 Å². The number of sulfonamides is 1. The van der Waals surface area contributed by atoms with Gasteiger partial charge < -0.3 is 10.2 Å². The molecule has 192 valence electrons. The lowest BCUT2D eigenvalue weighted by molar-refractivity contribution is -0.141. The summed E-state index contributed by atoms with van der Waals surface area (Å²) in [5, 5.41) is 3.96. The van der Waals surface area contributed by atoms with Crippen LogP contribution in [0.25, 0.3) is 0 Å².